The fourth-order valence-electron chi connectivity index (χ4n) is 5.46. The minimum absolute atomic E-state index is 0.100. The Morgan fingerprint density at radius 3 is 2.08 bits per heavy atom. The molecule has 5 rings (SSSR count). The molecule has 0 aliphatic heterocycles. The second-order valence-electron chi connectivity index (χ2n) is 11.4. The van der Waals surface area contributed by atoms with Crippen molar-refractivity contribution < 1.29 is 53.4 Å². The lowest BCUT2D eigenvalue weighted by molar-refractivity contribution is -0.253. The molecule has 0 saturated heterocycles. The fourth-order valence-corrected chi connectivity index (χ4v) is 5.46. The number of hydrogen-bond acceptors (Lipinski definition) is 2. The molecule has 1 fully saturated rings. The summed E-state index contributed by atoms with van der Waals surface area (Å²) >= 11 is 0. The van der Waals surface area contributed by atoms with Gasteiger partial charge in [-0.1, -0.05) is 67.8 Å². The van der Waals surface area contributed by atoms with Gasteiger partial charge in [0.15, 0.2) is 0 Å². The number of ether oxygens (including phenoxy) is 1. The Bertz CT molecular complexity index is 1690. The van der Waals surface area contributed by atoms with E-state index in [9.17, 15) is 48.7 Å². The summed E-state index contributed by atoms with van der Waals surface area (Å²) in [6.07, 6.45) is -8.14. The van der Waals surface area contributed by atoms with Crippen LogP contribution in [-0.2, 0) is 12.6 Å². The molecule has 4 aromatic rings. The number of amides is 1. The van der Waals surface area contributed by atoms with Crippen molar-refractivity contribution in [3.05, 3.63) is 136 Å². The molecule has 0 spiro atoms. The first-order valence-corrected chi connectivity index (χ1v) is 15.3. The monoisotopic (exact) mass is 699 g/mol. The highest BCUT2D eigenvalue weighted by Gasteiger charge is 2.44. The third-order valence-electron chi connectivity index (χ3n) is 7.89. The van der Waals surface area contributed by atoms with Crippen LogP contribution in [0, 0.1) is 17.5 Å². The van der Waals surface area contributed by atoms with Crippen molar-refractivity contribution in [3.8, 4) is 5.75 Å². The lowest BCUT2D eigenvalue weighted by Gasteiger charge is -2.25. The van der Waals surface area contributed by atoms with Crippen LogP contribution in [-0.4, -0.2) is 18.4 Å². The summed E-state index contributed by atoms with van der Waals surface area (Å²) in [5, 5.41) is 2.79. The van der Waals surface area contributed by atoms with Crippen LogP contribution >= 0.6 is 0 Å². The van der Waals surface area contributed by atoms with Crippen LogP contribution in [0.1, 0.15) is 76.7 Å². The van der Waals surface area contributed by atoms with Crippen LogP contribution in [0.3, 0.4) is 0 Å². The Balaban J connectivity index is 0.000000324. The molecule has 0 heterocycles. The molecule has 4 aromatic carbocycles. The highest BCUT2D eigenvalue weighted by Crippen LogP contribution is 2.36. The van der Waals surface area contributed by atoms with E-state index >= 15 is 0 Å². The second kappa shape index (κ2) is 16.2. The summed E-state index contributed by atoms with van der Waals surface area (Å²) in [5.41, 5.74) is 0.381. The average Bonchev–Trinajstić information content (AvgIpc) is 3.05. The minimum atomic E-state index is -4.92. The van der Waals surface area contributed by atoms with Gasteiger partial charge in [0.25, 0.3) is 5.91 Å². The minimum Gasteiger partial charge on any atom is -0.428 e. The van der Waals surface area contributed by atoms with E-state index in [-0.39, 0.29) is 17.3 Å². The molecular weight excluding hydrogens is 668 g/mol. The largest absolute Gasteiger partial charge is 0.461 e. The van der Waals surface area contributed by atoms with Gasteiger partial charge in [-0.3, -0.25) is 4.79 Å². The lowest BCUT2D eigenvalue weighted by atomic mass is 9.82. The van der Waals surface area contributed by atoms with Gasteiger partial charge in [0.1, 0.15) is 23.2 Å². The van der Waals surface area contributed by atoms with E-state index in [1.807, 2.05) is 30.3 Å². The molecule has 49 heavy (non-hydrogen) atoms. The normalized spacial score (nSPS) is 14.5. The third-order valence-corrected chi connectivity index (χ3v) is 7.89. The van der Waals surface area contributed by atoms with Crippen molar-refractivity contribution in [2.24, 2.45) is 0 Å². The molecule has 1 amide bonds. The van der Waals surface area contributed by atoms with E-state index in [4.69, 9.17) is 0 Å². The average molecular weight is 700 g/mol. The third kappa shape index (κ3) is 10.5. The van der Waals surface area contributed by atoms with Gasteiger partial charge in [-0.15, -0.1) is 0 Å². The summed E-state index contributed by atoms with van der Waals surface area (Å²) in [5.74, 6) is -3.88. The molecule has 3 nitrogen and oxygen atoms in total. The van der Waals surface area contributed by atoms with Gasteiger partial charge in [0.2, 0.25) is 0 Å². The van der Waals surface area contributed by atoms with E-state index in [2.05, 4.69) is 10.1 Å². The first kappa shape index (κ1) is 37.3. The van der Waals surface area contributed by atoms with Crippen LogP contribution in [0.25, 0.3) is 0 Å². The van der Waals surface area contributed by atoms with E-state index in [1.165, 1.54) is 6.07 Å². The van der Waals surface area contributed by atoms with Gasteiger partial charge in [-0.25, -0.2) is 13.2 Å². The Morgan fingerprint density at radius 2 is 1.45 bits per heavy atom. The van der Waals surface area contributed by atoms with Crippen molar-refractivity contribution in [3.63, 3.8) is 0 Å². The molecule has 262 valence electrons. The quantitative estimate of drug-likeness (QED) is 0.177. The zero-order valence-electron chi connectivity index (χ0n) is 25.7. The molecule has 1 atom stereocenters. The number of benzene rings is 4. The van der Waals surface area contributed by atoms with Crippen LogP contribution < -0.4 is 10.1 Å². The van der Waals surface area contributed by atoms with Crippen molar-refractivity contribution in [2.45, 2.75) is 69.2 Å². The van der Waals surface area contributed by atoms with Gasteiger partial charge in [0.05, 0.1) is 11.6 Å². The Kier molecular flexibility index (Phi) is 12.3. The van der Waals surface area contributed by atoms with Gasteiger partial charge in [-0.2, -0.15) is 30.7 Å². The first-order chi connectivity index (χ1) is 23.1. The summed E-state index contributed by atoms with van der Waals surface area (Å²) in [4.78, 5) is 13.0. The highest BCUT2D eigenvalue weighted by molar-refractivity contribution is 5.94. The molecule has 13 heteroatoms. The molecule has 0 unspecified atom stereocenters. The number of hydrogen-bond donors (Lipinski definition) is 1. The smallest absolute Gasteiger partial charge is 0.428 e. The maximum atomic E-state index is 14.7. The highest BCUT2D eigenvalue weighted by atomic mass is 19.4. The summed E-state index contributed by atoms with van der Waals surface area (Å²) < 4.78 is 132. The number of rotatable bonds is 9. The van der Waals surface area contributed by atoms with Crippen molar-refractivity contribution in [1.29, 1.82) is 0 Å². The van der Waals surface area contributed by atoms with Gasteiger partial charge in [-0.05, 0) is 78.3 Å². The van der Waals surface area contributed by atoms with Crippen LogP contribution in [0.15, 0.2) is 91.0 Å². The maximum Gasteiger partial charge on any atom is 0.461 e. The fraction of sp³-hybridized carbons (Fsp3) is 0.306. The number of halogens is 10. The van der Waals surface area contributed by atoms with E-state index < -0.39 is 53.6 Å². The predicted octanol–water partition coefficient (Wildman–Crippen LogP) is 10.8. The molecule has 0 radical (unpaired) electrons. The van der Waals surface area contributed by atoms with Crippen LogP contribution in [0.4, 0.5) is 43.9 Å². The van der Waals surface area contributed by atoms with Crippen LogP contribution in [0.5, 0.6) is 5.75 Å². The van der Waals surface area contributed by atoms with Gasteiger partial charge in [0, 0.05) is 11.6 Å². The van der Waals surface area contributed by atoms with Crippen LogP contribution in [0.2, 0.25) is 0 Å². The molecule has 1 saturated carbocycles. The topological polar surface area (TPSA) is 38.3 Å². The van der Waals surface area contributed by atoms with Crippen molar-refractivity contribution >= 4 is 5.91 Å². The second-order valence-corrected chi connectivity index (χ2v) is 11.4. The zero-order valence-corrected chi connectivity index (χ0v) is 25.7. The number of carbonyl (C=O) groups is 1. The van der Waals surface area contributed by atoms with Crippen molar-refractivity contribution in [2.75, 3.05) is 0 Å². The lowest BCUT2D eigenvalue weighted by Crippen LogP contribution is -2.33. The molecule has 1 aliphatic rings. The standard InChI is InChI=1S/C28H26F5NO.C8H5F5O/c29-24-13-11-20(16-22(24)19-9-5-2-6-10-19)26(15-18-7-3-1-4-8-18)34-27(35)21-12-14-25(30)23(17-21)28(31,32)33;9-5-2-1-3-6(4-5)14-8(12,13)7(10)11/h1,3-4,7-8,11-14,16-17,19,26H,2,5-6,9-10,15H2,(H,34,35);1-4,7H/t26-;/m1./s1. The Morgan fingerprint density at radius 1 is 0.776 bits per heavy atom. The summed E-state index contributed by atoms with van der Waals surface area (Å²) in [6, 6.07) is 19.2. The summed E-state index contributed by atoms with van der Waals surface area (Å²) in [7, 11) is 0. The Hall–Kier alpha value is -4.55. The van der Waals surface area contributed by atoms with E-state index in [1.54, 1.807) is 12.1 Å². The molecule has 0 bridgehead atoms. The predicted molar refractivity (Wildman–Crippen MR) is 162 cm³/mol. The number of carbonyl (C=O) groups excluding carboxylic acids is 1. The number of alkyl halides is 7. The SMILES string of the molecule is Fc1cccc(OC(F)(F)C(F)F)c1.O=C(N[C@H](Cc1ccccc1)c1ccc(F)c(C2CCCCC2)c1)c1ccc(F)c(C(F)(F)F)c1. The van der Waals surface area contributed by atoms with Gasteiger partial charge < -0.3 is 10.1 Å². The van der Waals surface area contributed by atoms with E-state index in [0.717, 1.165) is 61.9 Å². The summed E-state index contributed by atoms with van der Waals surface area (Å²) in [6.45, 7) is 0. The van der Waals surface area contributed by atoms with E-state index in [0.29, 0.717) is 35.7 Å². The zero-order chi connectivity index (χ0) is 35.8. The molecule has 1 N–H and O–H groups in total. The maximum absolute atomic E-state index is 14.7. The molecule has 1 aliphatic carbocycles. The van der Waals surface area contributed by atoms with Crippen molar-refractivity contribution in [1.82, 2.24) is 5.32 Å². The van der Waals surface area contributed by atoms with Gasteiger partial charge >= 0.3 is 18.7 Å². The number of nitrogens with one attached hydrogen (secondary N) is 1. The first-order valence-electron chi connectivity index (χ1n) is 15.3. The Labute approximate surface area is 275 Å². The molecular formula is C36H31F10NO2. The molecule has 0 aromatic heterocycles.